The molecule has 2 aromatic rings. The van der Waals surface area contributed by atoms with E-state index in [0.717, 1.165) is 12.1 Å². The summed E-state index contributed by atoms with van der Waals surface area (Å²) in [7, 11) is 1.50. The molecule has 150 valence electrons. The first-order valence-electron chi connectivity index (χ1n) is 7.78. The van der Waals surface area contributed by atoms with E-state index in [4.69, 9.17) is 21.1 Å². The number of carbonyl (C=O) groups is 2. The molecule has 0 atom stereocenters. The summed E-state index contributed by atoms with van der Waals surface area (Å²) in [4.78, 5) is 23.5. The fourth-order valence-electron chi connectivity index (χ4n) is 2.06. The van der Waals surface area contributed by atoms with Crippen molar-refractivity contribution in [2.75, 3.05) is 25.6 Å². The summed E-state index contributed by atoms with van der Waals surface area (Å²) < 4.78 is 53.8. The first-order chi connectivity index (χ1) is 13.2. The fourth-order valence-corrected chi connectivity index (χ4v) is 2.29. The van der Waals surface area contributed by atoms with Gasteiger partial charge in [0.15, 0.2) is 13.2 Å². The van der Waals surface area contributed by atoms with Gasteiger partial charge in [0.25, 0.3) is 5.91 Å². The number of alkyl halides is 3. The monoisotopic (exact) mass is 417 g/mol. The molecule has 0 radical (unpaired) electrons. The molecular weight excluding hydrogens is 403 g/mol. The maximum Gasteiger partial charge on any atom is 0.418 e. The Labute approximate surface area is 163 Å². The van der Waals surface area contributed by atoms with Gasteiger partial charge in [0, 0.05) is 0 Å². The molecule has 0 aromatic heterocycles. The van der Waals surface area contributed by atoms with Crippen LogP contribution in [0.3, 0.4) is 0 Å². The second-order valence-electron chi connectivity index (χ2n) is 5.33. The van der Waals surface area contributed by atoms with Crippen molar-refractivity contribution in [2.45, 2.75) is 6.18 Å². The summed E-state index contributed by atoms with van der Waals surface area (Å²) in [5.41, 5.74) is -1.71. The number of nitrogens with one attached hydrogen (secondary N) is 1. The van der Waals surface area contributed by atoms with Gasteiger partial charge in [0.2, 0.25) is 0 Å². The van der Waals surface area contributed by atoms with Crippen LogP contribution in [0.15, 0.2) is 42.5 Å². The smallest absolute Gasteiger partial charge is 0.418 e. The van der Waals surface area contributed by atoms with Gasteiger partial charge in [-0.15, -0.1) is 0 Å². The van der Waals surface area contributed by atoms with Crippen LogP contribution < -0.4 is 14.8 Å². The van der Waals surface area contributed by atoms with Crippen LogP contribution in [0.5, 0.6) is 11.5 Å². The van der Waals surface area contributed by atoms with Gasteiger partial charge in [0.1, 0.15) is 11.5 Å². The molecule has 0 aliphatic carbocycles. The number of para-hydroxylation sites is 1. The molecule has 0 unspecified atom stereocenters. The van der Waals surface area contributed by atoms with Crippen molar-refractivity contribution < 1.29 is 37.0 Å². The second-order valence-corrected chi connectivity index (χ2v) is 5.74. The quantitative estimate of drug-likeness (QED) is 0.691. The molecule has 0 aliphatic rings. The molecular formula is C18H15ClF3NO5. The largest absolute Gasteiger partial charge is 0.497 e. The highest BCUT2D eigenvalue weighted by molar-refractivity contribution is 6.34. The van der Waals surface area contributed by atoms with Crippen LogP contribution >= 0.6 is 11.6 Å². The van der Waals surface area contributed by atoms with Gasteiger partial charge < -0.3 is 19.5 Å². The number of amides is 1. The number of benzene rings is 2. The summed E-state index contributed by atoms with van der Waals surface area (Å²) in [6.45, 7) is -1.28. The number of methoxy groups -OCH3 is 1. The molecule has 0 saturated heterocycles. The lowest BCUT2D eigenvalue weighted by atomic mass is 10.1. The van der Waals surface area contributed by atoms with Crippen LogP contribution in [0.25, 0.3) is 0 Å². The highest BCUT2D eigenvalue weighted by Gasteiger charge is 2.34. The summed E-state index contributed by atoms with van der Waals surface area (Å²) in [6.07, 6.45) is -4.71. The number of hydrogen-bond acceptors (Lipinski definition) is 5. The molecule has 28 heavy (non-hydrogen) atoms. The molecule has 0 fully saturated rings. The molecule has 0 heterocycles. The molecule has 6 nitrogen and oxygen atoms in total. The highest BCUT2D eigenvalue weighted by Crippen LogP contribution is 2.38. The first kappa shape index (κ1) is 21.4. The predicted molar refractivity (Wildman–Crippen MR) is 94.5 cm³/mol. The number of anilines is 1. The van der Waals surface area contributed by atoms with Crippen LogP contribution in [0, 0.1) is 0 Å². The van der Waals surface area contributed by atoms with Gasteiger partial charge >= 0.3 is 12.1 Å². The standard InChI is InChI=1S/C18H15ClF3NO5/c1-26-11-5-7-12(8-6-11)27-10-16(25)28-9-15(24)23-17-13(18(20,21)22)3-2-4-14(17)19/h2-8H,9-10H2,1H3,(H,23,24). The van der Waals surface area contributed by atoms with E-state index >= 15 is 0 Å². The summed E-state index contributed by atoms with van der Waals surface area (Å²) >= 11 is 5.73. The zero-order valence-corrected chi connectivity index (χ0v) is 15.3. The Morgan fingerprint density at radius 2 is 1.68 bits per heavy atom. The van der Waals surface area contributed by atoms with E-state index in [1.807, 2.05) is 5.32 Å². The SMILES string of the molecule is COc1ccc(OCC(=O)OCC(=O)Nc2c(Cl)cccc2C(F)(F)F)cc1. The van der Waals surface area contributed by atoms with Gasteiger partial charge in [-0.3, -0.25) is 4.79 Å². The third kappa shape index (κ3) is 6.05. The minimum absolute atomic E-state index is 0.294. The summed E-state index contributed by atoms with van der Waals surface area (Å²) in [5.74, 6) is -0.880. The summed E-state index contributed by atoms with van der Waals surface area (Å²) in [5, 5.41) is 1.71. The second kappa shape index (κ2) is 9.32. The minimum atomic E-state index is -4.71. The van der Waals surface area contributed by atoms with E-state index in [1.165, 1.54) is 13.2 Å². The van der Waals surface area contributed by atoms with Crippen molar-refractivity contribution in [1.29, 1.82) is 0 Å². The Balaban J connectivity index is 1.86. The number of hydrogen-bond donors (Lipinski definition) is 1. The first-order valence-corrected chi connectivity index (χ1v) is 8.16. The van der Waals surface area contributed by atoms with Gasteiger partial charge in [-0.2, -0.15) is 13.2 Å². The van der Waals surface area contributed by atoms with E-state index in [2.05, 4.69) is 4.74 Å². The summed E-state index contributed by atoms with van der Waals surface area (Å²) in [6, 6.07) is 9.45. The lowest BCUT2D eigenvalue weighted by Gasteiger charge is -2.15. The predicted octanol–water partition coefficient (Wildman–Crippen LogP) is 3.93. The van der Waals surface area contributed by atoms with Crippen LogP contribution in [0.2, 0.25) is 5.02 Å². The molecule has 0 saturated carbocycles. The average molecular weight is 418 g/mol. The maximum atomic E-state index is 13.0. The zero-order valence-electron chi connectivity index (χ0n) is 14.5. The molecule has 1 N–H and O–H groups in total. The van der Waals surface area contributed by atoms with Gasteiger partial charge in [-0.05, 0) is 36.4 Å². The van der Waals surface area contributed by atoms with Gasteiger partial charge in [-0.1, -0.05) is 17.7 Å². The molecule has 0 aliphatic heterocycles. The highest BCUT2D eigenvalue weighted by atomic mass is 35.5. The Hall–Kier alpha value is -2.94. The Morgan fingerprint density at radius 3 is 2.29 bits per heavy atom. The molecule has 1 amide bonds. The van der Waals surface area contributed by atoms with E-state index in [-0.39, 0.29) is 5.02 Å². The maximum absolute atomic E-state index is 13.0. The van der Waals surface area contributed by atoms with E-state index in [0.29, 0.717) is 11.5 Å². The Morgan fingerprint density at radius 1 is 1.04 bits per heavy atom. The third-order valence-corrected chi connectivity index (χ3v) is 3.68. The molecule has 2 rings (SSSR count). The molecule has 0 spiro atoms. The van der Waals surface area contributed by atoms with Crippen LogP contribution in [0.1, 0.15) is 5.56 Å². The van der Waals surface area contributed by atoms with E-state index in [9.17, 15) is 22.8 Å². The van der Waals surface area contributed by atoms with Crippen molar-refractivity contribution in [3.63, 3.8) is 0 Å². The van der Waals surface area contributed by atoms with Crippen molar-refractivity contribution in [1.82, 2.24) is 0 Å². The van der Waals surface area contributed by atoms with E-state index in [1.54, 1.807) is 24.3 Å². The Kier molecular flexibility index (Phi) is 7.11. The molecule has 2 aromatic carbocycles. The number of halogens is 4. The van der Waals surface area contributed by atoms with Crippen molar-refractivity contribution in [3.05, 3.63) is 53.1 Å². The van der Waals surface area contributed by atoms with Gasteiger partial charge in [-0.25, -0.2) is 4.79 Å². The minimum Gasteiger partial charge on any atom is -0.497 e. The van der Waals surface area contributed by atoms with Gasteiger partial charge in [0.05, 0.1) is 23.4 Å². The van der Waals surface area contributed by atoms with Crippen LogP contribution in [-0.4, -0.2) is 32.2 Å². The topological polar surface area (TPSA) is 73.9 Å². The number of rotatable bonds is 7. The van der Waals surface area contributed by atoms with Crippen molar-refractivity contribution in [2.24, 2.45) is 0 Å². The van der Waals surface area contributed by atoms with Crippen LogP contribution in [-0.2, 0) is 20.5 Å². The fraction of sp³-hybridized carbons (Fsp3) is 0.222. The normalized spacial score (nSPS) is 10.9. The molecule has 10 heteroatoms. The number of ether oxygens (including phenoxy) is 3. The average Bonchev–Trinajstić information content (AvgIpc) is 2.65. The van der Waals surface area contributed by atoms with Crippen LogP contribution in [0.4, 0.5) is 18.9 Å². The zero-order chi connectivity index (χ0) is 20.7. The number of esters is 1. The van der Waals surface area contributed by atoms with Crippen molar-refractivity contribution >= 4 is 29.2 Å². The Bertz CT molecular complexity index is 840. The van der Waals surface area contributed by atoms with Crippen molar-refractivity contribution in [3.8, 4) is 11.5 Å². The van der Waals surface area contributed by atoms with E-state index < -0.39 is 42.5 Å². The lowest BCUT2D eigenvalue weighted by Crippen LogP contribution is -2.25. The molecule has 0 bridgehead atoms. The number of carbonyl (C=O) groups excluding carboxylic acids is 2. The lowest BCUT2D eigenvalue weighted by molar-refractivity contribution is -0.149. The third-order valence-electron chi connectivity index (χ3n) is 3.36.